The Bertz CT molecular complexity index is 1310. The number of aromatic nitrogens is 2. The minimum absolute atomic E-state index is 0.0334. The molecule has 1 aliphatic heterocycles. The highest BCUT2D eigenvalue weighted by Gasteiger charge is 2.59. The smallest absolute Gasteiger partial charge is 0.332 e. The van der Waals surface area contributed by atoms with E-state index < -0.39 is 70.4 Å². The Hall–Kier alpha value is -3.29. The van der Waals surface area contributed by atoms with Crippen LogP contribution < -0.4 is 4.31 Å². The molecule has 2 fully saturated rings. The first-order valence-electron chi connectivity index (χ1n) is 10.8. The van der Waals surface area contributed by atoms with E-state index in [-0.39, 0.29) is 34.2 Å². The number of aryl methyl sites for hydroxylation is 1. The van der Waals surface area contributed by atoms with Gasteiger partial charge in [-0.05, 0) is 25.1 Å². The topological polar surface area (TPSA) is 122 Å². The predicted molar refractivity (Wildman–Crippen MR) is 116 cm³/mol. The number of aromatic hydroxyl groups is 1. The number of esters is 1. The lowest BCUT2D eigenvalue weighted by Gasteiger charge is -2.21. The summed E-state index contributed by atoms with van der Waals surface area (Å²) in [6.45, 7) is 3.21. The van der Waals surface area contributed by atoms with Crippen molar-refractivity contribution in [1.82, 2.24) is 14.1 Å². The molecule has 35 heavy (non-hydrogen) atoms. The Morgan fingerprint density at radius 1 is 1.34 bits per heavy atom. The standard InChI is InChI=1S/C21H23F3N4O6S/c1-4-26-15(13-8-21(13,23)24)7-14(25-26)12-5-6-16(29)19(18(12)22)27-9-17(30)28(35(27,32)33)10-34-20(31)11(2)3/h5-7,11,13,29H,4,8-10H2,1-3H3. The molecule has 190 valence electrons. The van der Waals surface area contributed by atoms with Gasteiger partial charge in [-0.25, -0.2) is 17.5 Å². The fourth-order valence-electron chi connectivity index (χ4n) is 3.77. The molecular formula is C21H23F3N4O6S. The van der Waals surface area contributed by atoms with Crippen molar-refractivity contribution in [3.63, 3.8) is 0 Å². The fraction of sp³-hybridized carbons (Fsp3) is 0.476. The highest BCUT2D eigenvalue weighted by Crippen LogP contribution is 2.56. The molecule has 10 nitrogen and oxygen atoms in total. The van der Waals surface area contributed by atoms with Crippen LogP contribution in [0.2, 0.25) is 0 Å². The van der Waals surface area contributed by atoms with Crippen molar-refractivity contribution in [3.8, 4) is 17.0 Å². The summed E-state index contributed by atoms with van der Waals surface area (Å²) < 4.78 is 75.6. The number of phenols is 1. The zero-order valence-electron chi connectivity index (χ0n) is 19.0. The molecule has 1 saturated carbocycles. The number of alkyl halides is 2. The van der Waals surface area contributed by atoms with Crippen LogP contribution in [0, 0.1) is 11.7 Å². The number of hydrogen-bond donors (Lipinski definition) is 1. The lowest BCUT2D eigenvalue weighted by atomic mass is 10.1. The number of ether oxygens (including phenoxy) is 1. The predicted octanol–water partition coefficient (Wildman–Crippen LogP) is 2.59. The quantitative estimate of drug-likeness (QED) is 0.562. The van der Waals surface area contributed by atoms with Gasteiger partial charge in [0, 0.05) is 24.2 Å². The van der Waals surface area contributed by atoms with Gasteiger partial charge >= 0.3 is 16.2 Å². The van der Waals surface area contributed by atoms with E-state index in [9.17, 15) is 31.9 Å². The van der Waals surface area contributed by atoms with Crippen molar-refractivity contribution >= 4 is 27.8 Å². The van der Waals surface area contributed by atoms with Gasteiger partial charge < -0.3 is 9.84 Å². The molecule has 1 aliphatic carbocycles. The average Bonchev–Trinajstić information content (AvgIpc) is 3.11. The summed E-state index contributed by atoms with van der Waals surface area (Å²) in [7, 11) is -4.71. The van der Waals surface area contributed by atoms with Crippen LogP contribution in [0.25, 0.3) is 11.3 Å². The van der Waals surface area contributed by atoms with E-state index in [0.29, 0.717) is 4.31 Å². The Balaban J connectivity index is 1.70. The number of hydrogen-bond acceptors (Lipinski definition) is 7. The number of rotatable bonds is 7. The van der Waals surface area contributed by atoms with Crippen molar-refractivity contribution in [2.45, 2.75) is 45.6 Å². The second kappa shape index (κ2) is 8.43. The number of halogens is 3. The molecule has 1 aromatic heterocycles. The first-order valence-corrected chi connectivity index (χ1v) is 12.2. The zero-order chi connectivity index (χ0) is 25.9. The summed E-state index contributed by atoms with van der Waals surface area (Å²) in [5.74, 6) is -8.24. The van der Waals surface area contributed by atoms with Gasteiger partial charge in [-0.2, -0.15) is 17.8 Å². The largest absolute Gasteiger partial charge is 0.506 e. The molecule has 2 aromatic rings. The van der Waals surface area contributed by atoms with Gasteiger partial charge in [0.15, 0.2) is 12.5 Å². The van der Waals surface area contributed by atoms with Crippen LogP contribution in [0.4, 0.5) is 18.9 Å². The second-order valence-electron chi connectivity index (χ2n) is 8.59. The highest BCUT2D eigenvalue weighted by atomic mass is 32.2. The lowest BCUT2D eigenvalue weighted by molar-refractivity contribution is -0.151. The molecule has 0 spiro atoms. The number of phenolic OH excluding ortho intramolecular Hbond substituents is 1. The average molecular weight is 516 g/mol. The summed E-state index contributed by atoms with van der Waals surface area (Å²) in [5.41, 5.74) is -0.877. The molecule has 4 rings (SSSR count). The normalized spacial score (nSPS) is 20.5. The van der Waals surface area contributed by atoms with Gasteiger partial charge in [0.2, 0.25) is 0 Å². The molecule has 1 aromatic carbocycles. The van der Waals surface area contributed by atoms with Crippen LogP contribution in [0.15, 0.2) is 18.2 Å². The second-order valence-corrected chi connectivity index (χ2v) is 10.4. The number of carbonyl (C=O) groups is 2. The van der Waals surface area contributed by atoms with Crippen LogP contribution >= 0.6 is 0 Å². The van der Waals surface area contributed by atoms with Gasteiger partial charge in [0.1, 0.15) is 18.0 Å². The molecule has 14 heteroatoms. The van der Waals surface area contributed by atoms with E-state index in [1.165, 1.54) is 24.6 Å². The molecule has 1 N–H and O–H groups in total. The third-order valence-corrected chi connectivity index (χ3v) is 7.56. The van der Waals surface area contributed by atoms with Crippen LogP contribution in [-0.4, -0.2) is 58.7 Å². The van der Waals surface area contributed by atoms with E-state index in [0.717, 1.165) is 12.1 Å². The minimum Gasteiger partial charge on any atom is -0.506 e. The fourth-order valence-corrected chi connectivity index (χ4v) is 5.19. The molecule has 1 amide bonds. The molecule has 1 saturated heterocycles. The number of nitrogens with zero attached hydrogens (tertiary/aromatic N) is 4. The molecular weight excluding hydrogens is 493 g/mol. The highest BCUT2D eigenvalue weighted by molar-refractivity contribution is 7.91. The summed E-state index contributed by atoms with van der Waals surface area (Å²) in [6.07, 6.45) is -0.354. The molecule has 0 radical (unpaired) electrons. The third kappa shape index (κ3) is 4.19. The van der Waals surface area contributed by atoms with E-state index >= 15 is 4.39 Å². The Kier molecular flexibility index (Phi) is 5.98. The van der Waals surface area contributed by atoms with Gasteiger partial charge in [0.25, 0.3) is 11.8 Å². The van der Waals surface area contributed by atoms with Gasteiger partial charge in [-0.15, -0.1) is 0 Å². The molecule has 1 atom stereocenters. The Morgan fingerprint density at radius 2 is 2.00 bits per heavy atom. The van der Waals surface area contributed by atoms with Gasteiger partial charge in [-0.3, -0.25) is 14.3 Å². The number of anilines is 1. The van der Waals surface area contributed by atoms with Crippen LogP contribution in [-0.2, 0) is 31.1 Å². The molecule has 0 bridgehead atoms. The van der Waals surface area contributed by atoms with E-state index in [2.05, 4.69) is 5.10 Å². The summed E-state index contributed by atoms with van der Waals surface area (Å²) in [6, 6.07) is 3.46. The van der Waals surface area contributed by atoms with E-state index in [4.69, 9.17) is 4.74 Å². The maximum Gasteiger partial charge on any atom is 0.332 e. The Morgan fingerprint density at radius 3 is 2.57 bits per heavy atom. The first kappa shape index (κ1) is 24.8. The van der Waals surface area contributed by atoms with Crippen molar-refractivity contribution in [1.29, 1.82) is 0 Å². The molecule has 1 unspecified atom stereocenters. The molecule has 2 heterocycles. The van der Waals surface area contributed by atoms with E-state index in [1.54, 1.807) is 6.92 Å². The van der Waals surface area contributed by atoms with Crippen molar-refractivity contribution in [3.05, 3.63) is 29.7 Å². The van der Waals surface area contributed by atoms with Crippen molar-refractivity contribution in [2.75, 3.05) is 17.6 Å². The Labute approximate surface area is 199 Å². The summed E-state index contributed by atoms with van der Waals surface area (Å²) >= 11 is 0. The van der Waals surface area contributed by atoms with Crippen LogP contribution in [0.1, 0.15) is 38.8 Å². The maximum atomic E-state index is 15.6. The minimum atomic E-state index is -4.71. The number of amides is 1. The third-order valence-electron chi connectivity index (χ3n) is 5.82. The van der Waals surface area contributed by atoms with Crippen LogP contribution in [0.3, 0.4) is 0 Å². The molecule has 2 aliphatic rings. The SMILES string of the molecule is CCn1nc(-c2ccc(O)c(N3CC(=O)N(COC(=O)C(C)C)S3(=O)=O)c2F)cc1C1CC1(F)F. The number of carbonyl (C=O) groups excluding carboxylic acids is 2. The zero-order valence-corrected chi connectivity index (χ0v) is 19.9. The van der Waals surface area contributed by atoms with Crippen molar-refractivity contribution in [2.24, 2.45) is 5.92 Å². The summed E-state index contributed by atoms with van der Waals surface area (Å²) in [5, 5.41) is 14.5. The summed E-state index contributed by atoms with van der Waals surface area (Å²) in [4.78, 5) is 24.1. The monoisotopic (exact) mass is 516 g/mol. The number of benzene rings is 1. The first-order chi connectivity index (χ1) is 16.3. The van der Waals surface area contributed by atoms with Crippen molar-refractivity contribution < 1.29 is 41.0 Å². The van der Waals surface area contributed by atoms with E-state index in [1.807, 2.05) is 0 Å². The maximum absolute atomic E-state index is 15.6. The van der Waals surface area contributed by atoms with Gasteiger partial charge in [-0.1, -0.05) is 13.8 Å². The lowest BCUT2D eigenvalue weighted by Crippen LogP contribution is -2.37. The van der Waals surface area contributed by atoms with Gasteiger partial charge in [0.05, 0.1) is 17.5 Å². The van der Waals surface area contributed by atoms with Crippen LogP contribution in [0.5, 0.6) is 5.75 Å².